The zero-order valence-corrected chi connectivity index (χ0v) is 14.0. The summed E-state index contributed by atoms with van der Waals surface area (Å²) in [5, 5.41) is 3.20. The normalized spacial score (nSPS) is 15.3. The van der Waals surface area contributed by atoms with E-state index >= 15 is 0 Å². The van der Waals surface area contributed by atoms with Crippen molar-refractivity contribution in [3.05, 3.63) is 59.1 Å². The van der Waals surface area contributed by atoms with Crippen molar-refractivity contribution >= 4 is 23.5 Å². The monoisotopic (exact) mass is 361 g/mol. The fourth-order valence-electron chi connectivity index (χ4n) is 2.25. The maximum atomic E-state index is 12.0. The van der Waals surface area contributed by atoms with Crippen LogP contribution in [0.1, 0.15) is 5.56 Å². The number of rotatable bonds is 5. The molecule has 0 bridgehead atoms. The molecule has 1 atom stereocenters. The molecular formula is C18H16ClNO5. The smallest absolute Gasteiger partial charge is 0.351 e. The second-order valence-electron chi connectivity index (χ2n) is 5.34. The highest BCUT2D eigenvalue weighted by molar-refractivity contribution is 6.31. The lowest BCUT2D eigenvalue weighted by Crippen LogP contribution is -2.39. The van der Waals surface area contributed by atoms with Gasteiger partial charge < -0.3 is 19.5 Å². The average molecular weight is 362 g/mol. The summed E-state index contributed by atoms with van der Waals surface area (Å²) in [6, 6.07) is 14.2. The Bertz CT molecular complexity index is 780. The number of amides is 1. The van der Waals surface area contributed by atoms with E-state index in [0.29, 0.717) is 16.5 Å². The molecule has 7 heteroatoms. The number of fused-ring (bicyclic) bond motifs is 1. The Morgan fingerprint density at radius 3 is 2.64 bits per heavy atom. The van der Waals surface area contributed by atoms with Crippen molar-refractivity contribution in [2.75, 3.05) is 13.2 Å². The molecule has 0 aliphatic carbocycles. The van der Waals surface area contributed by atoms with Crippen LogP contribution in [0.4, 0.5) is 0 Å². The molecule has 1 aliphatic heterocycles. The van der Waals surface area contributed by atoms with Crippen LogP contribution in [0.15, 0.2) is 48.5 Å². The van der Waals surface area contributed by atoms with E-state index in [4.69, 9.17) is 25.8 Å². The molecule has 130 valence electrons. The van der Waals surface area contributed by atoms with Crippen molar-refractivity contribution in [2.24, 2.45) is 0 Å². The van der Waals surface area contributed by atoms with Gasteiger partial charge in [-0.2, -0.15) is 0 Å². The van der Waals surface area contributed by atoms with E-state index in [1.54, 1.807) is 36.4 Å². The summed E-state index contributed by atoms with van der Waals surface area (Å²) >= 11 is 6.01. The molecule has 2 aromatic rings. The van der Waals surface area contributed by atoms with Gasteiger partial charge in [0, 0.05) is 11.6 Å². The molecule has 1 heterocycles. The number of ether oxygens (including phenoxy) is 3. The number of carbonyl (C=O) groups excluding carboxylic acids is 2. The number of esters is 1. The van der Waals surface area contributed by atoms with Crippen molar-refractivity contribution in [2.45, 2.75) is 12.6 Å². The van der Waals surface area contributed by atoms with Crippen molar-refractivity contribution in [1.82, 2.24) is 5.32 Å². The molecule has 1 amide bonds. The van der Waals surface area contributed by atoms with Crippen LogP contribution < -0.4 is 14.8 Å². The van der Waals surface area contributed by atoms with Gasteiger partial charge in [-0.25, -0.2) is 4.79 Å². The summed E-state index contributed by atoms with van der Waals surface area (Å²) in [7, 11) is 0. The van der Waals surface area contributed by atoms with Gasteiger partial charge in [0.1, 0.15) is 6.61 Å². The van der Waals surface area contributed by atoms with Gasteiger partial charge in [0.2, 0.25) is 6.10 Å². The summed E-state index contributed by atoms with van der Waals surface area (Å²) < 4.78 is 16.0. The minimum atomic E-state index is -0.897. The average Bonchev–Trinajstić information content (AvgIpc) is 2.65. The SMILES string of the molecule is O=C(COC(=O)[C@@H]1COc2ccccc2O1)NCc1ccccc1Cl. The van der Waals surface area contributed by atoms with Gasteiger partial charge >= 0.3 is 5.97 Å². The predicted octanol–water partition coefficient (Wildman–Crippen LogP) is 2.34. The largest absolute Gasteiger partial charge is 0.485 e. The zero-order valence-electron chi connectivity index (χ0n) is 13.2. The van der Waals surface area contributed by atoms with Crippen LogP contribution in [-0.2, 0) is 20.9 Å². The second-order valence-corrected chi connectivity index (χ2v) is 5.75. The third kappa shape index (κ3) is 4.42. The summed E-state index contributed by atoms with van der Waals surface area (Å²) in [6.45, 7) is -0.103. The fraction of sp³-hybridized carbons (Fsp3) is 0.222. The van der Waals surface area contributed by atoms with Crippen LogP contribution in [-0.4, -0.2) is 31.2 Å². The van der Waals surface area contributed by atoms with Crippen molar-refractivity contribution in [3.8, 4) is 11.5 Å². The van der Waals surface area contributed by atoms with Crippen LogP contribution in [0.2, 0.25) is 5.02 Å². The molecule has 3 rings (SSSR count). The molecule has 0 spiro atoms. The third-order valence-corrected chi connectivity index (χ3v) is 3.92. The van der Waals surface area contributed by atoms with E-state index in [2.05, 4.69) is 5.32 Å². The lowest BCUT2D eigenvalue weighted by atomic mass is 10.2. The molecule has 2 aromatic carbocycles. The van der Waals surface area contributed by atoms with E-state index in [9.17, 15) is 9.59 Å². The minimum absolute atomic E-state index is 0.0388. The molecular weight excluding hydrogens is 346 g/mol. The Kier molecular flexibility index (Phi) is 5.40. The van der Waals surface area contributed by atoms with Gasteiger partial charge in [-0.05, 0) is 23.8 Å². The number of hydrogen-bond acceptors (Lipinski definition) is 5. The van der Waals surface area contributed by atoms with Gasteiger partial charge in [0.05, 0.1) is 0 Å². The number of benzene rings is 2. The second kappa shape index (κ2) is 7.90. The first-order chi connectivity index (χ1) is 12.1. The number of carbonyl (C=O) groups is 2. The van der Waals surface area contributed by atoms with Crippen LogP contribution in [0.3, 0.4) is 0 Å². The van der Waals surface area contributed by atoms with Gasteiger partial charge in [-0.1, -0.05) is 41.9 Å². The van der Waals surface area contributed by atoms with E-state index in [1.807, 2.05) is 12.1 Å². The Hall–Kier alpha value is -2.73. The third-order valence-electron chi connectivity index (χ3n) is 3.55. The van der Waals surface area contributed by atoms with Gasteiger partial charge in [0.25, 0.3) is 5.91 Å². The molecule has 0 unspecified atom stereocenters. The zero-order chi connectivity index (χ0) is 17.6. The first-order valence-electron chi connectivity index (χ1n) is 7.68. The van der Waals surface area contributed by atoms with E-state index in [-0.39, 0.29) is 13.2 Å². The summed E-state index contributed by atoms with van der Waals surface area (Å²) in [5.74, 6) is -0.0318. The molecule has 0 aromatic heterocycles. The first-order valence-corrected chi connectivity index (χ1v) is 8.06. The quantitative estimate of drug-likeness (QED) is 0.827. The number of nitrogens with one attached hydrogen (secondary N) is 1. The van der Waals surface area contributed by atoms with E-state index in [0.717, 1.165) is 5.56 Å². The Morgan fingerprint density at radius 1 is 1.12 bits per heavy atom. The summed E-state index contributed by atoms with van der Waals surface area (Å²) in [5.41, 5.74) is 0.782. The van der Waals surface area contributed by atoms with Crippen LogP contribution >= 0.6 is 11.6 Å². The first kappa shape index (κ1) is 17.1. The highest BCUT2D eigenvalue weighted by Crippen LogP contribution is 2.31. The lowest BCUT2D eigenvalue weighted by molar-refractivity contribution is -0.157. The molecule has 0 radical (unpaired) electrons. The standard InChI is InChI=1S/C18H16ClNO5/c19-13-6-2-1-5-12(13)9-20-17(21)11-24-18(22)16-10-23-14-7-3-4-8-15(14)25-16/h1-8,16H,9-11H2,(H,20,21)/t16-/m0/s1. The van der Waals surface area contributed by atoms with Crippen LogP contribution in [0.5, 0.6) is 11.5 Å². The molecule has 0 saturated heterocycles. The maximum Gasteiger partial charge on any atom is 0.351 e. The van der Waals surface area contributed by atoms with Crippen molar-refractivity contribution < 1.29 is 23.8 Å². The summed E-state index contributed by atoms with van der Waals surface area (Å²) in [4.78, 5) is 23.8. The predicted molar refractivity (Wildman–Crippen MR) is 90.6 cm³/mol. The van der Waals surface area contributed by atoms with Gasteiger partial charge in [-0.3, -0.25) is 4.79 Å². The molecule has 0 saturated carbocycles. The van der Waals surface area contributed by atoms with E-state index < -0.39 is 24.6 Å². The van der Waals surface area contributed by atoms with E-state index in [1.165, 1.54) is 0 Å². The highest BCUT2D eigenvalue weighted by Gasteiger charge is 2.29. The molecule has 1 N–H and O–H groups in total. The Labute approximate surface area is 149 Å². The van der Waals surface area contributed by atoms with Gasteiger partial charge in [-0.15, -0.1) is 0 Å². The molecule has 6 nitrogen and oxygen atoms in total. The number of halogens is 1. The van der Waals surface area contributed by atoms with Crippen LogP contribution in [0, 0.1) is 0 Å². The van der Waals surface area contributed by atoms with Gasteiger partial charge in [0.15, 0.2) is 18.1 Å². The fourth-order valence-corrected chi connectivity index (χ4v) is 2.45. The Balaban J connectivity index is 1.45. The minimum Gasteiger partial charge on any atom is -0.485 e. The molecule has 1 aliphatic rings. The van der Waals surface area contributed by atoms with Crippen molar-refractivity contribution in [3.63, 3.8) is 0 Å². The highest BCUT2D eigenvalue weighted by atomic mass is 35.5. The van der Waals surface area contributed by atoms with Crippen molar-refractivity contribution in [1.29, 1.82) is 0 Å². The lowest BCUT2D eigenvalue weighted by Gasteiger charge is -2.24. The number of hydrogen-bond donors (Lipinski definition) is 1. The summed E-state index contributed by atoms with van der Waals surface area (Å²) in [6.07, 6.45) is -0.897. The molecule has 25 heavy (non-hydrogen) atoms. The van der Waals surface area contributed by atoms with Crippen LogP contribution in [0.25, 0.3) is 0 Å². The topological polar surface area (TPSA) is 73.9 Å². The number of para-hydroxylation sites is 2. The Morgan fingerprint density at radius 2 is 1.84 bits per heavy atom. The maximum absolute atomic E-state index is 12.0. The molecule has 0 fully saturated rings.